The summed E-state index contributed by atoms with van der Waals surface area (Å²) in [7, 11) is 0. The summed E-state index contributed by atoms with van der Waals surface area (Å²) in [6.45, 7) is 9.63. The molecule has 31 heavy (non-hydrogen) atoms. The van der Waals surface area contributed by atoms with Gasteiger partial charge >= 0.3 is 0 Å². The van der Waals surface area contributed by atoms with Crippen molar-refractivity contribution >= 4 is 0 Å². The third kappa shape index (κ3) is 3.23. The van der Waals surface area contributed by atoms with Gasteiger partial charge in [-0.15, -0.1) is 0 Å². The van der Waals surface area contributed by atoms with Gasteiger partial charge in [-0.1, -0.05) is 32.4 Å². The highest BCUT2D eigenvalue weighted by Crippen LogP contribution is 2.68. The molecule has 0 amide bonds. The minimum atomic E-state index is -0.119. The minimum Gasteiger partial charge on any atom is -0.494 e. The molecular weight excluding hydrogens is 382 g/mol. The summed E-state index contributed by atoms with van der Waals surface area (Å²) in [5.74, 6) is 4.62. The molecule has 0 saturated heterocycles. The lowest BCUT2D eigenvalue weighted by Crippen LogP contribution is -2.50. The SMILES string of the molecule is CC1=C(CC[C@@H](C)CC#N)O[C@H]2C[C@H]3[C@@H]4CC=C5C[C@@H](O)CC[C@]5(C)[C@H]4CC[C@]3(C)[C@@H]12. The Labute approximate surface area is 188 Å². The van der Waals surface area contributed by atoms with E-state index in [1.54, 1.807) is 5.57 Å². The number of hydrogen-bond donors (Lipinski definition) is 1. The molecule has 1 heterocycles. The molecule has 5 rings (SSSR count). The first kappa shape index (κ1) is 21.6. The van der Waals surface area contributed by atoms with Gasteiger partial charge in [-0.05, 0) is 98.4 Å². The van der Waals surface area contributed by atoms with Gasteiger partial charge in [0.25, 0.3) is 0 Å². The maximum atomic E-state index is 10.2. The molecular formula is C28H41NO2. The van der Waals surface area contributed by atoms with Crippen molar-refractivity contribution in [3.63, 3.8) is 0 Å². The lowest BCUT2D eigenvalue weighted by Gasteiger charge is -2.57. The van der Waals surface area contributed by atoms with Crippen molar-refractivity contribution in [1.82, 2.24) is 0 Å². The summed E-state index contributed by atoms with van der Waals surface area (Å²) in [6.07, 6.45) is 13.6. The summed E-state index contributed by atoms with van der Waals surface area (Å²) < 4.78 is 6.66. The van der Waals surface area contributed by atoms with Crippen molar-refractivity contribution in [2.45, 2.75) is 104 Å². The van der Waals surface area contributed by atoms with Crippen molar-refractivity contribution in [3.05, 3.63) is 23.0 Å². The standard InChI is InChI=1S/C28H41NO2/c1-17(11-14-29)5-8-24-18(2)26-25(31-24)16-23-21-7-6-19-15-20(30)9-12-27(19,3)22(21)10-13-28(23,26)4/h6,17,20-23,25-26,30H,5,7-13,15-16H2,1-4H3/t17-,20+,21-,22+,23+,25+,26+,27+,28+/m1/s1. The van der Waals surface area contributed by atoms with Gasteiger partial charge in [-0.3, -0.25) is 0 Å². The average molecular weight is 424 g/mol. The molecule has 3 saturated carbocycles. The van der Waals surface area contributed by atoms with Gasteiger partial charge < -0.3 is 9.84 Å². The lowest BCUT2D eigenvalue weighted by molar-refractivity contribution is -0.0454. The van der Waals surface area contributed by atoms with E-state index in [1.165, 1.54) is 37.0 Å². The number of hydrogen-bond acceptors (Lipinski definition) is 3. The fraction of sp³-hybridized carbons (Fsp3) is 0.821. The number of aliphatic hydroxyl groups excluding tert-OH is 1. The van der Waals surface area contributed by atoms with Crippen molar-refractivity contribution < 1.29 is 9.84 Å². The van der Waals surface area contributed by atoms with Crippen LogP contribution in [0.2, 0.25) is 0 Å². The molecule has 0 aromatic carbocycles. The lowest BCUT2D eigenvalue weighted by atomic mass is 9.47. The Morgan fingerprint density at radius 3 is 2.84 bits per heavy atom. The second kappa shape index (κ2) is 7.65. The van der Waals surface area contributed by atoms with E-state index < -0.39 is 0 Å². The molecule has 0 spiro atoms. The van der Waals surface area contributed by atoms with Gasteiger partial charge in [-0.25, -0.2) is 0 Å². The molecule has 0 unspecified atom stereocenters. The van der Waals surface area contributed by atoms with Crippen LogP contribution in [0.4, 0.5) is 0 Å². The quantitative estimate of drug-likeness (QED) is 0.522. The molecule has 3 nitrogen and oxygen atoms in total. The van der Waals surface area contributed by atoms with Crippen LogP contribution in [0.3, 0.4) is 0 Å². The van der Waals surface area contributed by atoms with Gasteiger partial charge in [0.15, 0.2) is 0 Å². The first-order valence-corrected chi connectivity index (χ1v) is 12.9. The molecule has 4 aliphatic carbocycles. The third-order valence-electron chi connectivity index (χ3n) is 10.6. The highest BCUT2D eigenvalue weighted by atomic mass is 16.5. The monoisotopic (exact) mass is 423 g/mol. The van der Waals surface area contributed by atoms with E-state index in [1.807, 2.05) is 0 Å². The zero-order chi connectivity index (χ0) is 22.0. The Balaban J connectivity index is 1.36. The zero-order valence-electron chi connectivity index (χ0n) is 20.0. The zero-order valence-corrected chi connectivity index (χ0v) is 20.0. The highest BCUT2D eigenvalue weighted by molar-refractivity contribution is 5.30. The van der Waals surface area contributed by atoms with Crippen LogP contribution in [-0.4, -0.2) is 17.3 Å². The van der Waals surface area contributed by atoms with Gasteiger partial charge in [-0.2, -0.15) is 5.26 Å². The van der Waals surface area contributed by atoms with Gasteiger partial charge in [0.2, 0.25) is 0 Å². The smallest absolute Gasteiger partial charge is 0.106 e. The maximum absolute atomic E-state index is 10.2. The first-order chi connectivity index (χ1) is 14.8. The minimum absolute atomic E-state index is 0.119. The van der Waals surface area contributed by atoms with E-state index in [9.17, 15) is 5.11 Å². The molecule has 3 fully saturated rings. The summed E-state index contributed by atoms with van der Waals surface area (Å²) in [5.41, 5.74) is 3.77. The number of nitriles is 1. The molecule has 1 aliphatic heterocycles. The third-order valence-corrected chi connectivity index (χ3v) is 10.6. The molecule has 0 aromatic heterocycles. The summed E-state index contributed by atoms with van der Waals surface area (Å²) in [6, 6.07) is 2.31. The second-order valence-electron chi connectivity index (χ2n) is 12.2. The number of ether oxygens (including phenoxy) is 1. The molecule has 9 atom stereocenters. The highest BCUT2D eigenvalue weighted by Gasteiger charge is 2.63. The van der Waals surface area contributed by atoms with E-state index in [4.69, 9.17) is 10.00 Å². The van der Waals surface area contributed by atoms with Crippen LogP contribution in [0.5, 0.6) is 0 Å². The predicted molar refractivity (Wildman–Crippen MR) is 123 cm³/mol. The average Bonchev–Trinajstić information content (AvgIpc) is 3.20. The Kier molecular flexibility index (Phi) is 5.32. The molecule has 3 heteroatoms. The maximum Gasteiger partial charge on any atom is 0.106 e. The van der Waals surface area contributed by atoms with Crippen molar-refractivity contribution in [1.29, 1.82) is 5.26 Å². The molecule has 5 aliphatic rings. The Morgan fingerprint density at radius 1 is 1.26 bits per heavy atom. The summed E-state index contributed by atoms with van der Waals surface area (Å²) in [4.78, 5) is 0. The van der Waals surface area contributed by atoms with Crippen LogP contribution in [0.25, 0.3) is 0 Å². The number of aliphatic hydroxyl groups is 1. The molecule has 170 valence electrons. The van der Waals surface area contributed by atoms with Gasteiger partial charge in [0.1, 0.15) is 6.10 Å². The van der Waals surface area contributed by atoms with E-state index in [-0.39, 0.29) is 6.10 Å². The fourth-order valence-corrected chi connectivity index (χ4v) is 8.86. The number of rotatable bonds is 4. The normalized spacial score (nSPS) is 46.8. The van der Waals surface area contributed by atoms with Crippen molar-refractivity contribution in [3.8, 4) is 6.07 Å². The van der Waals surface area contributed by atoms with Crippen molar-refractivity contribution in [2.75, 3.05) is 0 Å². The molecule has 0 bridgehead atoms. The van der Waals surface area contributed by atoms with Crippen LogP contribution in [0, 0.1) is 51.8 Å². The summed E-state index contributed by atoms with van der Waals surface area (Å²) in [5, 5.41) is 19.2. The number of allylic oxidation sites excluding steroid dienone is 2. The van der Waals surface area contributed by atoms with Crippen LogP contribution >= 0.6 is 0 Å². The number of fused-ring (bicyclic) bond motifs is 7. The molecule has 1 N–H and O–H groups in total. The van der Waals surface area contributed by atoms with E-state index in [2.05, 4.69) is 39.8 Å². The first-order valence-electron chi connectivity index (χ1n) is 12.9. The van der Waals surface area contributed by atoms with Crippen LogP contribution in [0.1, 0.15) is 91.9 Å². The van der Waals surface area contributed by atoms with Crippen LogP contribution in [0.15, 0.2) is 23.0 Å². The molecule has 0 aromatic rings. The number of nitrogens with zero attached hydrogens (tertiary/aromatic N) is 1. The largest absolute Gasteiger partial charge is 0.494 e. The van der Waals surface area contributed by atoms with Crippen molar-refractivity contribution in [2.24, 2.45) is 40.4 Å². The fourth-order valence-electron chi connectivity index (χ4n) is 8.86. The van der Waals surface area contributed by atoms with Gasteiger partial charge in [0, 0.05) is 18.8 Å². The van der Waals surface area contributed by atoms with Crippen LogP contribution < -0.4 is 0 Å². The Morgan fingerprint density at radius 2 is 2.06 bits per heavy atom. The van der Waals surface area contributed by atoms with Crippen LogP contribution in [-0.2, 0) is 4.74 Å². The topological polar surface area (TPSA) is 53.2 Å². The van der Waals surface area contributed by atoms with Gasteiger partial charge in [0.05, 0.1) is 17.9 Å². The predicted octanol–water partition coefficient (Wildman–Crippen LogP) is 6.54. The van der Waals surface area contributed by atoms with E-state index in [0.717, 1.165) is 49.9 Å². The summed E-state index contributed by atoms with van der Waals surface area (Å²) >= 11 is 0. The second-order valence-corrected chi connectivity index (χ2v) is 12.2. The Hall–Kier alpha value is -1.27. The molecule has 0 radical (unpaired) electrons. The van der Waals surface area contributed by atoms with E-state index in [0.29, 0.717) is 35.2 Å². The Bertz CT molecular complexity index is 836. The van der Waals surface area contributed by atoms with E-state index >= 15 is 0 Å².